The molecule has 0 aliphatic carbocycles. The predicted octanol–water partition coefficient (Wildman–Crippen LogP) is -0.0636. The molecule has 22 heavy (non-hydrogen) atoms. The summed E-state index contributed by atoms with van der Waals surface area (Å²) in [6.45, 7) is 0.134. The lowest BCUT2D eigenvalue weighted by molar-refractivity contribution is 0.0997. The number of fused-ring (bicyclic) bond motifs is 2. The zero-order valence-electron chi connectivity index (χ0n) is 11.1. The summed E-state index contributed by atoms with van der Waals surface area (Å²) in [7, 11) is 0. The Morgan fingerprint density at radius 3 is 2.91 bits per heavy atom. The van der Waals surface area contributed by atoms with Crippen molar-refractivity contribution in [3.05, 3.63) is 40.7 Å². The van der Waals surface area contributed by atoms with Gasteiger partial charge in [-0.2, -0.15) is 0 Å². The van der Waals surface area contributed by atoms with Crippen LogP contribution in [0.3, 0.4) is 0 Å². The quantitative estimate of drug-likeness (QED) is 0.682. The fourth-order valence-corrected chi connectivity index (χ4v) is 2.37. The lowest BCUT2D eigenvalue weighted by atomic mass is 10.2. The van der Waals surface area contributed by atoms with E-state index >= 15 is 0 Å². The minimum atomic E-state index is -0.744. The summed E-state index contributed by atoms with van der Waals surface area (Å²) in [5.41, 5.74) is 5.73. The highest BCUT2D eigenvalue weighted by molar-refractivity contribution is 6.01. The van der Waals surface area contributed by atoms with Crippen LogP contribution in [0.4, 0.5) is 0 Å². The van der Waals surface area contributed by atoms with Crippen LogP contribution >= 0.6 is 0 Å². The van der Waals surface area contributed by atoms with Crippen molar-refractivity contribution in [1.29, 1.82) is 0 Å². The van der Waals surface area contributed by atoms with Gasteiger partial charge in [0.05, 0.1) is 5.69 Å². The summed E-state index contributed by atoms with van der Waals surface area (Å²) >= 11 is 0. The zero-order valence-corrected chi connectivity index (χ0v) is 11.1. The fourth-order valence-electron chi connectivity index (χ4n) is 2.37. The maximum atomic E-state index is 12.2. The molecule has 3 aromatic rings. The number of nitrogens with two attached hydrogens (primary N) is 1. The van der Waals surface area contributed by atoms with Gasteiger partial charge >= 0.3 is 5.69 Å². The second-order valence-corrected chi connectivity index (χ2v) is 4.59. The lowest BCUT2D eigenvalue weighted by Crippen LogP contribution is -2.14. The number of primary amides is 1. The van der Waals surface area contributed by atoms with Crippen molar-refractivity contribution in [3.8, 4) is 17.2 Å². The van der Waals surface area contributed by atoms with Crippen LogP contribution in [0.15, 0.2) is 29.3 Å². The molecule has 0 unspecified atom stereocenters. The molecule has 0 bridgehead atoms. The van der Waals surface area contributed by atoms with Gasteiger partial charge < -0.3 is 20.2 Å². The summed E-state index contributed by atoms with van der Waals surface area (Å²) in [4.78, 5) is 34.0. The van der Waals surface area contributed by atoms with Crippen molar-refractivity contribution in [2.45, 2.75) is 0 Å². The Labute approximate surface area is 122 Å². The third kappa shape index (κ3) is 1.65. The molecule has 0 fully saturated rings. The van der Waals surface area contributed by atoms with Gasteiger partial charge in [0.25, 0.3) is 5.91 Å². The van der Waals surface area contributed by atoms with E-state index in [1.807, 2.05) is 0 Å². The van der Waals surface area contributed by atoms with E-state index in [2.05, 4.69) is 15.0 Å². The number of benzene rings is 1. The number of hydrogen-bond acceptors (Lipinski definition) is 6. The number of carbonyl (C=O) groups is 1. The Bertz CT molecular complexity index is 974. The molecule has 2 aromatic heterocycles. The number of ether oxygens (including phenoxy) is 2. The van der Waals surface area contributed by atoms with E-state index in [1.54, 1.807) is 18.2 Å². The van der Waals surface area contributed by atoms with Gasteiger partial charge in [0, 0.05) is 6.07 Å². The molecule has 4 rings (SSSR count). The van der Waals surface area contributed by atoms with E-state index in [0.29, 0.717) is 17.2 Å². The molecule has 1 amide bonds. The van der Waals surface area contributed by atoms with Crippen LogP contribution in [0.25, 0.3) is 16.9 Å². The number of nitrogens with zero attached hydrogens (tertiary/aromatic N) is 3. The SMILES string of the molecule is NC(=O)c1ncnc2c1[nH]c(=O)n2-c1ccc2c(c1)OCO2. The number of H-pyrrole nitrogens is 1. The van der Waals surface area contributed by atoms with E-state index in [1.165, 1.54) is 10.9 Å². The maximum Gasteiger partial charge on any atom is 0.332 e. The number of nitrogens with one attached hydrogen (secondary N) is 1. The highest BCUT2D eigenvalue weighted by Crippen LogP contribution is 2.33. The first kappa shape index (κ1) is 12.4. The molecular formula is C13H9N5O4. The Kier molecular flexibility index (Phi) is 2.43. The van der Waals surface area contributed by atoms with Gasteiger partial charge in [0.1, 0.15) is 11.8 Å². The third-order valence-corrected chi connectivity index (χ3v) is 3.32. The number of amides is 1. The first-order chi connectivity index (χ1) is 10.6. The summed E-state index contributed by atoms with van der Waals surface area (Å²) in [6, 6.07) is 5.04. The summed E-state index contributed by atoms with van der Waals surface area (Å²) in [5, 5.41) is 0. The highest BCUT2D eigenvalue weighted by Gasteiger charge is 2.19. The number of aromatic nitrogens is 4. The van der Waals surface area contributed by atoms with Crippen LogP contribution in [-0.2, 0) is 0 Å². The van der Waals surface area contributed by atoms with Crippen molar-refractivity contribution in [3.63, 3.8) is 0 Å². The predicted molar refractivity (Wildman–Crippen MR) is 74.1 cm³/mol. The van der Waals surface area contributed by atoms with Crippen molar-refractivity contribution in [2.75, 3.05) is 6.79 Å². The summed E-state index contributed by atoms with van der Waals surface area (Å²) in [6.07, 6.45) is 1.18. The van der Waals surface area contributed by atoms with E-state index in [9.17, 15) is 9.59 Å². The third-order valence-electron chi connectivity index (χ3n) is 3.32. The van der Waals surface area contributed by atoms with Crippen LogP contribution in [0.1, 0.15) is 10.5 Å². The van der Waals surface area contributed by atoms with Gasteiger partial charge in [-0.15, -0.1) is 0 Å². The molecule has 1 aliphatic rings. The fraction of sp³-hybridized carbons (Fsp3) is 0.0769. The maximum absolute atomic E-state index is 12.2. The minimum absolute atomic E-state index is 0.0402. The van der Waals surface area contributed by atoms with E-state index < -0.39 is 11.6 Å². The van der Waals surface area contributed by atoms with Gasteiger partial charge in [0.15, 0.2) is 22.8 Å². The lowest BCUT2D eigenvalue weighted by Gasteiger charge is -2.04. The number of imidazole rings is 1. The van der Waals surface area contributed by atoms with Gasteiger partial charge in [-0.25, -0.2) is 19.3 Å². The molecule has 0 atom stereocenters. The van der Waals surface area contributed by atoms with Gasteiger partial charge in [-0.3, -0.25) is 4.79 Å². The van der Waals surface area contributed by atoms with Crippen LogP contribution in [0, 0.1) is 0 Å². The van der Waals surface area contributed by atoms with Crippen LogP contribution in [0.5, 0.6) is 11.5 Å². The minimum Gasteiger partial charge on any atom is -0.454 e. The van der Waals surface area contributed by atoms with Crippen molar-refractivity contribution < 1.29 is 14.3 Å². The Hall–Kier alpha value is -3.36. The topological polar surface area (TPSA) is 125 Å². The molecular weight excluding hydrogens is 290 g/mol. The molecule has 0 radical (unpaired) electrons. The Morgan fingerprint density at radius 2 is 2.09 bits per heavy atom. The molecule has 0 saturated heterocycles. The largest absolute Gasteiger partial charge is 0.454 e. The normalized spacial score (nSPS) is 12.7. The number of aromatic amines is 1. The number of rotatable bonds is 2. The van der Waals surface area contributed by atoms with E-state index in [0.717, 1.165) is 0 Å². The first-order valence-corrected chi connectivity index (χ1v) is 6.30. The smallest absolute Gasteiger partial charge is 0.332 e. The Balaban J connectivity index is 2.00. The molecule has 110 valence electrons. The van der Waals surface area contributed by atoms with Crippen LogP contribution < -0.4 is 20.9 Å². The van der Waals surface area contributed by atoms with E-state index in [4.69, 9.17) is 15.2 Å². The molecule has 9 nitrogen and oxygen atoms in total. The van der Waals surface area contributed by atoms with Crippen molar-refractivity contribution >= 4 is 17.1 Å². The average molecular weight is 299 g/mol. The van der Waals surface area contributed by atoms with Crippen molar-refractivity contribution in [2.24, 2.45) is 5.73 Å². The van der Waals surface area contributed by atoms with Crippen LogP contribution in [-0.4, -0.2) is 32.2 Å². The molecule has 9 heteroatoms. The van der Waals surface area contributed by atoms with Crippen LogP contribution in [0.2, 0.25) is 0 Å². The highest BCUT2D eigenvalue weighted by atomic mass is 16.7. The first-order valence-electron chi connectivity index (χ1n) is 6.30. The molecule has 1 aromatic carbocycles. The zero-order chi connectivity index (χ0) is 15.3. The monoisotopic (exact) mass is 299 g/mol. The second-order valence-electron chi connectivity index (χ2n) is 4.59. The second kappa shape index (κ2) is 4.32. The standard InChI is InChI=1S/C13H9N5O4/c14-11(19)9-10-12(16-4-15-9)18(13(20)17-10)6-1-2-7-8(3-6)22-5-21-7/h1-4H,5H2,(H2,14,19)(H,17,20). The number of carbonyl (C=O) groups excluding carboxylic acids is 1. The molecule has 3 heterocycles. The average Bonchev–Trinajstić information content (AvgIpc) is 3.08. The molecule has 0 saturated carbocycles. The number of hydrogen-bond donors (Lipinski definition) is 2. The summed E-state index contributed by atoms with van der Waals surface area (Å²) in [5.74, 6) is 0.388. The molecule has 1 aliphatic heterocycles. The van der Waals surface area contributed by atoms with Gasteiger partial charge in [-0.05, 0) is 12.1 Å². The van der Waals surface area contributed by atoms with Crippen molar-refractivity contribution in [1.82, 2.24) is 19.5 Å². The van der Waals surface area contributed by atoms with Gasteiger partial charge in [0.2, 0.25) is 6.79 Å². The van der Waals surface area contributed by atoms with E-state index in [-0.39, 0.29) is 23.7 Å². The molecule has 3 N–H and O–H groups in total. The molecule has 0 spiro atoms. The Morgan fingerprint density at radius 1 is 1.27 bits per heavy atom. The summed E-state index contributed by atoms with van der Waals surface area (Å²) < 4.78 is 11.8. The van der Waals surface area contributed by atoms with Gasteiger partial charge in [-0.1, -0.05) is 0 Å².